The van der Waals surface area contributed by atoms with Crippen LogP contribution in [-0.4, -0.2) is 12.2 Å². The molecule has 1 heterocycles. The molecule has 0 aromatic rings. The number of hydrogen-bond donors (Lipinski definition) is 0. The smallest absolute Gasteiger partial charge is 0.136 e. The van der Waals surface area contributed by atoms with E-state index >= 15 is 0 Å². The lowest BCUT2D eigenvalue weighted by Gasteiger charge is -2.23. The van der Waals surface area contributed by atoms with Crippen LogP contribution in [0.2, 0.25) is 0 Å². The predicted molar refractivity (Wildman–Crippen MR) is 102 cm³/mol. The van der Waals surface area contributed by atoms with Crippen molar-refractivity contribution >= 4 is 0 Å². The molecule has 132 valence electrons. The Labute approximate surface area is 145 Å². The molecule has 1 heteroatoms. The molecule has 0 N–H and O–H groups in total. The Morgan fingerprint density at radius 1 is 0.870 bits per heavy atom. The predicted octanol–water partition coefficient (Wildman–Crippen LogP) is 6.81. The quantitative estimate of drug-likeness (QED) is 0.218. The maximum atomic E-state index is 6.10. The zero-order valence-corrected chi connectivity index (χ0v) is 15.6. The van der Waals surface area contributed by atoms with Crippen molar-refractivity contribution in [2.75, 3.05) is 0 Å². The van der Waals surface area contributed by atoms with Crippen molar-refractivity contribution in [2.24, 2.45) is 0 Å². The van der Waals surface area contributed by atoms with Crippen LogP contribution in [0.15, 0.2) is 12.2 Å². The second-order valence-electron chi connectivity index (χ2n) is 6.88. The monoisotopic (exact) mass is 318 g/mol. The molecule has 0 radical (unpaired) electrons. The van der Waals surface area contributed by atoms with E-state index in [4.69, 9.17) is 4.74 Å². The second-order valence-corrected chi connectivity index (χ2v) is 6.88. The Kier molecular flexibility index (Phi) is 13.1. The zero-order chi connectivity index (χ0) is 16.6. The fourth-order valence-electron chi connectivity index (χ4n) is 3.07. The Bertz CT molecular complexity index is 347. The van der Waals surface area contributed by atoms with Crippen molar-refractivity contribution in [3.8, 4) is 11.8 Å². The van der Waals surface area contributed by atoms with Crippen LogP contribution in [0.1, 0.15) is 104 Å². The highest BCUT2D eigenvalue weighted by molar-refractivity contribution is 5.15. The average Bonchev–Trinajstić information content (AvgIpc) is 2.57. The summed E-state index contributed by atoms with van der Waals surface area (Å²) >= 11 is 0. The molecule has 0 spiro atoms. The summed E-state index contributed by atoms with van der Waals surface area (Å²) in [6.45, 7) is 4.52. The van der Waals surface area contributed by atoms with E-state index in [-0.39, 0.29) is 6.10 Å². The van der Waals surface area contributed by atoms with Gasteiger partial charge in [0.25, 0.3) is 0 Å². The van der Waals surface area contributed by atoms with Gasteiger partial charge in [0.2, 0.25) is 0 Å². The average molecular weight is 319 g/mol. The molecule has 0 aliphatic carbocycles. The van der Waals surface area contributed by atoms with Crippen LogP contribution in [0.3, 0.4) is 0 Å². The number of rotatable bonds is 12. The third-order valence-electron chi connectivity index (χ3n) is 4.58. The van der Waals surface area contributed by atoms with E-state index in [2.05, 4.69) is 37.8 Å². The molecule has 0 unspecified atom stereocenters. The summed E-state index contributed by atoms with van der Waals surface area (Å²) in [4.78, 5) is 0. The highest BCUT2D eigenvalue weighted by Crippen LogP contribution is 2.18. The fraction of sp³-hybridized carbons (Fsp3) is 0.818. The lowest BCUT2D eigenvalue weighted by atomic mass is 10.0. The van der Waals surface area contributed by atoms with Crippen molar-refractivity contribution in [3.05, 3.63) is 12.2 Å². The molecule has 1 nitrogen and oxygen atoms in total. The molecule has 2 atom stereocenters. The van der Waals surface area contributed by atoms with Crippen LogP contribution in [0, 0.1) is 11.8 Å². The highest BCUT2D eigenvalue weighted by Gasteiger charge is 2.15. The molecule has 1 aliphatic rings. The molecular formula is C22H38O. The summed E-state index contributed by atoms with van der Waals surface area (Å²) in [5.74, 6) is 6.60. The van der Waals surface area contributed by atoms with E-state index in [1.807, 2.05) is 0 Å². The van der Waals surface area contributed by atoms with Gasteiger partial charge in [0.05, 0.1) is 6.10 Å². The first-order valence-corrected chi connectivity index (χ1v) is 10.2. The Balaban J connectivity index is 2.06. The zero-order valence-electron chi connectivity index (χ0n) is 15.6. The molecule has 0 aromatic carbocycles. The maximum Gasteiger partial charge on any atom is 0.136 e. The first-order chi connectivity index (χ1) is 11.4. The summed E-state index contributed by atoms with van der Waals surface area (Å²) in [6.07, 6.45) is 22.9. The van der Waals surface area contributed by atoms with Crippen molar-refractivity contribution in [1.29, 1.82) is 0 Å². The summed E-state index contributed by atoms with van der Waals surface area (Å²) < 4.78 is 6.10. The van der Waals surface area contributed by atoms with Gasteiger partial charge >= 0.3 is 0 Å². The minimum atomic E-state index is 0.0458. The van der Waals surface area contributed by atoms with E-state index in [1.54, 1.807) is 0 Å². The number of ether oxygens (including phenoxy) is 1. The van der Waals surface area contributed by atoms with Crippen molar-refractivity contribution in [2.45, 2.75) is 116 Å². The van der Waals surface area contributed by atoms with Gasteiger partial charge in [0.15, 0.2) is 0 Å². The lowest BCUT2D eigenvalue weighted by molar-refractivity contribution is 0.0274. The van der Waals surface area contributed by atoms with E-state index in [0.29, 0.717) is 6.10 Å². The molecule has 0 bridgehead atoms. The van der Waals surface area contributed by atoms with Crippen molar-refractivity contribution in [3.63, 3.8) is 0 Å². The first-order valence-electron chi connectivity index (χ1n) is 10.2. The Morgan fingerprint density at radius 3 is 2.26 bits per heavy atom. The minimum Gasteiger partial charge on any atom is -0.358 e. The van der Waals surface area contributed by atoms with Crippen LogP contribution in [-0.2, 0) is 4.74 Å². The molecule has 0 saturated heterocycles. The van der Waals surface area contributed by atoms with Crippen LogP contribution < -0.4 is 0 Å². The summed E-state index contributed by atoms with van der Waals surface area (Å²) in [5, 5.41) is 0. The van der Waals surface area contributed by atoms with Crippen LogP contribution in [0.25, 0.3) is 0 Å². The number of hydrogen-bond acceptors (Lipinski definition) is 1. The molecule has 23 heavy (non-hydrogen) atoms. The van der Waals surface area contributed by atoms with Gasteiger partial charge in [-0.15, -0.1) is 5.92 Å². The van der Waals surface area contributed by atoms with Gasteiger partial charge in [-0.05, 0) is 25.3 Å². The second kappa shape index (κ2) is 14.8. The first kappa shape index (κ1) is 20.3. The van der Waals surface area contributed by atoms with Crippen LogP contribution >= 0.6 is 0 Å². The van der Waals surface area contributed by atoms with E-state index < -0.39 is 0 Å². The Morgan fingerprint density at radius 2 is 1.52 bits per heavy atom. The molecular weight excluding hydrogens is 280 g/mol. The molecule has 0 saturated carbocycles. The summed E-state index contributed by atoms with van der Waals surface area (Å²) in [7, 11) is 0. The molecule has 0 amide bonds. The van der Waals surface area contributed by atoms with Crippen molar-refractivity contribution < 1.29 is 4.74 Å². The molecule has 0 fully saturated rings. The van der Waals surface area contributed by atoms with Gasteiger partial charge < -0.3 is 4.74 Å². The topological polar surface area (TPSA) is 9.23 Å². The lowest BCUT2D eigenvalue weighted by Crippen LogP contribution is -2.22. The summed E-state index contributed by atoms with van der Waals surface area (Å²) in [5.41, 5.74) is 0. The van der Waals surface area contributed by atoms with Crippen molar-refractivity contribution in [1.82, 2.24) is 0 Å². The van der Waals surface area contributed by atoms with Gasteiger partial charge in [0.1, 0.15) is 6.10 Å². The minimum absolute atomic E-state index is 0.0458. The van der Waals surface area contributed by atoms with Gasteiger partial charge in [-0.2, -0.15) is 0 Å². The Hall–Kier alpha value is -0.740. The van der Waals surface area contributed by atoms with Gasteiger partial charge in [-0.1, -0.05) is 90.1 Å². The van der Waals surface area contributed by atoms with Crippen LogP contribution in [0.4, 0.5) is 0 Å². The normalized spacial score (nSPS) is 20.3. The highest BCUT2D eigenvalue weighted by atomic mass is 16.5. The molecule has 1 rings (SSSR count). The largest absolute Gasteiger partial charge is 0.358 e. The van der Waals surface area contributed by atoms with Gasteiger partial charge in [0, 0.05) is 6.42 Å². The third kappa shape index (κ3) is 11.4. The van der Waals surface area contributed by atoms with E-state index in [9.17, 15) is 0 Å². The molecule has 1 aliphatic heterocycles. The number of unbranched alkanes of at least 4 members (excludes halogenated alkanes) is 10. The maximum absolute atomic E-state index is 6.10. The van der Waals surface area contributed by atoms with E-state index in [0.717, 1.165) is 12.8 Å². The standard InChI is InChI=1S/C22H38O/c1-3-5-7-9-11-13-15-18-22-20-16-19-21(23-22)17-14-12-10-8-6-4-2/h16,19,21-22H,3-13,15,18,20H2,1-2H3/t21-,22-/m1/s1. The SMILES string of the molecule is CCCCCCC#C[C@@H]1C=CC[C@@H](CCCCCCCCC)O1. The fourth-order valence-corrected chi connectivity index (χ4v) is 3.07. The summed E-state index contributed by atoms with van der Waals surface area (Å²) in [6, 6.07) is 0. The van der Waals surface area contributed by atoms with Crippen LogP contribution in [0.5, 0.6) is 0 Å². The third-order valence-corrected chi connectivity index (χ3v) is 4.58. The van der Waals surface area contributed by atoms with Gasteiger partial charge in [-0.25, -0.2) is 0 Å². The van der Waals surface area contributed by atoms with Gasteiger partial charge in [-0.3, -0.25) is 0 Å². The van der Waals surface area contributed by atoms with E-state index in [1.165, 1.54) is 77.0 Å². The molecule has 0 aromatic heterocycles.